The van der Waals surface area contributed by atoms with Gasteiger partial charge in [0.1, 0.15) is 0 Å². The molecule has 3 rings (SSSR count). The molecule has 0 bridgehead atoms. The topological polar surface area (TPSA) is 53.2 Å². The Morgan fingerprint density at radius 3 is 2.77 bits per heavy atom. The van der Waals surface area contributed by atoms with Crippen LogP contribution in [0.5, 0.6) is 0 Å². The highest BCUT2D eigenvalue weighted by Gasteiger charge is 2.21. The molecule has 22 heavy (non-hydrogen) atoms. The van der Waals surface area contributed by atoms with Crippen LogP contribution < -0.4 is 5.56 Å². The van der Waals surface area contributed by atoms with E-state index in [2.05, 4.69) is 24.9 Å². The predicted octanol–water partition coefficient (Wildman–Crippen LogP) is 2.77. The lowest BCUT2D eigenvalue weighted by Crippen LogP contribution is -2.36. The molecule has 1 aliphatic heterocycles. The average molecular weight is 298 g/mol. The highest BCUT2D eigenvalue weighted by Crippen LogP contribution is 2.25. The van der Waals surface area contributed by atoms with E-state index >= 15 is 0 Å². The summed E-state index contributed by atoms with van der Waals surface area (Å²) in [6.07, 6.45) is 1.48. The van der Waals surface area contributed by atoms with Gasteiger partial charge in [-0.15, -0.1) is 0 Å². The zero-order valence-corrected chi connectivity index (χ0v) is 13.4. The minimum absolute atomic E-state index is 0.0454. The summed E-state index contributed by atoms with van der Waals surface area (Å²) in [5.74, 6) is 0.600. The summed E-state index contributed by atoms with van der Waals surface area (Å²) in [6.45, 7) is 7.38. The Balaban J connectivity index is 1.94. The number of aromatic nitrogens is 1. The van der Waals surface area contributed by atoms with Crippen LogP contribution in [0, 0.1) is 12.8 Å². The number of fused-ring (bicyclic) bond motifs is 2. The maximum atomic E-state index is 12.2. The van der Waals surface area contributed by atoms with Crippen LogP contribution in [-0.2, 0) is 17.8 Å². The monoisotopic (exact) mass is 298 g/mol. The van der Waals surface area contributed by atoms with Crippen molar-refractivity contribution in [3.05, 3.63) is 45.2 Å². The lowest BCUT2D eigenvalue weighted by atomic mass is 9.96. The van der Waals surface area contributed by atoms with Crippen molar-refractivity contribution in [2.45, 2.75) is 40.2 Å². The lowest BCUT2D eigenvalue weighted by molar-refractivity contribution is -0.132. The summed E-state index contributed by atoms with van der Waals surface area (Å²) >= 11 is 0. The maximum absolute atomic E-state index is 12.2. The van der Waals surface area contributed by atoms with Gasteiger partial charge in [-0.3, -0.25) is 9.59 Å². The van der Waals surface area contributed by atoms with Crippen LogP contribution in [0.4, 0.5) is 0 Å². The Kier molecular flexibility index (Phi) is 3.77. The molecule has 0 unspecified atom stereocenters. The van der Waals surface area contributed by atoms with Crippen molar-refractivity contribution in [2.24, 2.45) is 5.92 Å². The molecule has 116 valence electrons. The van der Waals surface area contributed by atoms with Crippen molar-refractivity contribution in [1.82, 2.24) is 9.88 Å². The third-order valence-electron chi connectivity index (χ3n) is 4.30. The first-order chi connectivity index (χ1) is 10.4. The van der Waals surface area contributed by atoms with Crippen molar-refractivity contribution in [2.75, 3.05) is 6.54 Å². The van der Waals surface area contributed by atoms with Gasteiger partial charge in [0.25, 0.3) is 5.56 Å². The molecule has 0 saturated heterocycles. The number of nitrogens with one attached hydrogen (secondary N) is 1. The third kappa shape index (κ3) is 2.78. The summed E-state index contributed by atoms with van der Waals surface area (Å²) in [4.78, 5) is 28.9. The summed E-state index contributed by atoms with van der Waals surface area (Å²) in [5, 5.41) is 1.07. The second-order valence-electron chi connectivity index (χ2n) is 6.65. The molecule has 1 aromatic carbocycles. The van der Waals surface area contributed by atoms with Crippen LogP contribution >= 0.6 is 0 Å². The first-order valence-electron chi connectivity index (χ1n) is 7.87. The number of H-pyrrole nitrogens is 1. The zero-order chi connectivity index (χ0) is 15.9. The van der Waals surface area contributed by atoms with Gasteiger partial charge >= 0.3 is 0 Å². The molecule has 0 radical (unpaired) electrons. The van der Waals surface area contributed by atoms with E-state index in [1.54, 1.807) is 0 Å². The van der Waals surface area contributed by atoms with E-state index in [0.29, 0.717) is 18.9 Å². The third-order valence-corrected chi connectivity index (χ3v) is 4.30. The van der Waals surface area contributed by atoms with Gasteiger partial charge in [-0.25, -0.2) is 0 Å². The molecule has 0 saturated carbocycles. The molecular weight excluding hydrogens is 276 g/mol. The van der Waals surface area contributed by atoms with Crippen LogP contribution in [0.3, 0.4) is 0 Å². The number of nitrogens with zero attached hydrogens (tertiary/aromatic N) is 1. The predicted molar refractivity (Wildman–Crippen MR) is 87.9 cm³/mol. The van der Waals surface area contributed by atoms with Crippen molar-refractivity contribution in [3.8, 4) is 0 Å². The molecular formula is C18H22N2O2. The van der Waals surface area contributed by atoms with E-state index in [-0.39, 0.29) is 11.5 Å². The number of aryl methyl sites for hydroxylation is 1. The smallest absolute Gasteiger partial charge is 0.251 e. The first-order valence-corrected chi connectivity index (χ1v) is 7.87. The van der Waals surface area contributed by atoms with E-state index in [4.69, 9.17) is 0 Å². The van der Waals surface area contributed by atoms with Crippen LogP contribution in [0.2, 0.25) is 0 Å². The Labute approximate surface area is 130 Å². The second kappa shape index (κ2) is 5.59. The molecule has 0 fully saturated rings. The maximum Gasteiger partial charge on any atom is 0.251 e. The second-order valence-corrected chi connectivity index (χ2v) is 6.65. The average Bonchev–Trinajstić information content (AvgIpc) is 2.45. The quantitative estimate of drug-likeness (QED) is 0.927. The number of benzene rings is 1. The van der Waals surface area contributed by atoms with Gasteiger partial charge < -0.3 is 9.88 Å². The number of carbonyl (C=O) groups is 1. The summed E-state index contributed by atoms with van der Waals surface area (Å²) in [6, 6.07) is 6.11. The van der Waals surface area contributed by atoms with E-state index in [1.165, 1.54) is 5.56 Å². The van der Waals surface area contributed by atoms with Gasteiger partial charge in [-0.1, -0.05) is 13.8 Å². The summed E-state index contributed by atoms with van der Waals surface area (Å²) in [7, 11) is 0. The van der Waals surface area contributed by atoms with Crippen molar-refractivity contribution in [1.29, 1.82) is 0 Å². The molecule has 2 aromatic rings. The number of pyridine rings is 1. The standard InChI is InChI=1S/C18H22N2O2/c1-11(2)6-17(21)20-5-4-13-8-14-7-12(3)18(22)19-16(14)9-15(13)10-20/h7-9,11H,4-6,10H2,1-3H3,(H,19,22). The molecule has 4 nitrogen and oxygen atoms in total. The summed E-state index contributed by atoms with van der Waals surface area (Å²) in [5.41, 5.74) is 3.98. The van der Waals surface area contributed by atoms with Gasteiger partial charge in [0.15, 0.2) is 0 Å². The molecule has 0 atom stereocenters. The van der Waals surface area contributed by atoms with Gasteiger partial charge in [0.05, 0.1) is 0 Å². The fourth-order valence-electron chi connectivity index (χ4n) is 3.07. The van der Waals surface area contributed by atoms with E-state index < -0.39 is 0 Å². The van der Waals surface area contributed by atoms with Crippen LogP contribution in [0.1, 0.15) is 37.0 Å². The molecule has 1 aliphatic rings. The van der Waals surface area contributed by atoms with E-state index in [1.807, 2.05) is 24.0 Å². The first kappa shape index (κ1) is 14.8. The van der Waals surface area contributed by atoms with Crippen molar-refractivity contribution < 1.29 is 4.79 Å². The number of amides is 1. The number of rotatable bonds is 2. The molecule has 1 aromatic heterocycles. The van der Waals surface area contributed by atoms with Crippen molar-refractivity contribution >= 4 is 16.8 Å². The SMILES string of the molecule is Cc1cc2cc3c(cc2[nH]c1=O)CN(C(=O)CC(C)C)CC3. The molecule has 4 heteroatoms. The highest BCUT2D eigenvalue weighted by molar-refractivity contribution is 5.82. The molecule has 0 aliphatic carbocycles. The summed E-state index contributed by atoms with van der Waals surface area (Å²) < 4.78 is 0. The molecule has 2 heterocycles. The fraction of sp³-hybridized carbons (Fsp3) is 0.444. The number of aromatic amines is 1. The van der Waals surface area contributed by atoms with Crippen LogP contribution in [0.25, 0.3) is 10.9 Å². The highest BCUT2D eigenvalue weighted by atomic mass is 16.2. The Morgan fingerprint density at radius 2 is 2.05 bits per heavy atom. The van der Waals surface area contributed by atoms with Gasteiger partial charge in [0.2, 0.25) is 5.91 Å². The number of carbonyl (C=O) groups excluding carboxylic acids is 1. The molecule has 1 N–H and O–H groups in total. The van der Waals surface area contributed by atoms with E-state index in [9.17, 15) is 9.59 Å². The van der Waals surface area contributed by atoms with Crippen LogP contribution in [-0.4, -0.2) is 22.3 Å². The largest absolute Gasteiger partial charge is 0.338 e. The normalized spacial score (nSPS) is 14.5. The number of hydrogen-bond acceptors (Lipinski definition) is 2. The molecule has 1 amide bonds. The minimum Gasteiger partial charge on any atom is -0.338 e. The van der Waals surface area contributed by atoms with Crippen LogP contribution in [0.15, 0.2) is 23.0 Å². The van der Waals surface area contributed by atoms with E-state index in [0.717, 1.165) is 35.0 Å². The van der Waals surface area contributed by atoms with Gasteiger partial charge in [0, 0.05) is 30.6 Å². The lowest BCUT2D eigenvalue weighted by Gasteiger charge is -2.30. The Morgan fingerprint density at radius 1 is 1.27 bits per heavy atom. The fourth-order valence-corrected chi connectivity index (χ4v) is 3.07. The van der Waals surface area contributed by atoms with Crippen molar-refractivity contribution in [3.63, 3.8) is 0 Å². The van der Waals surface area contributed by atoms with Gasteiger partial charge in [-0.2, -0.15) is 0 Å². The van der Waals surface area contributed by atoms with Gasteiger partial charge in [-0.05, 0) is 54.0 Å². The minimum atomic E-state index is -0.0454. The Hall–Kier alpha value is -2.10. The Bertz CT molecular complexity index is 790. The zero-order valence-electron chi connectivity index (χ0n) is 13.4. The molecule has 0 spiro atoms. The number of hydrogen-bond donors (Lipinski definition) is 1.